The summed E-state index contributed by atoms with van der Waals surface area (Å²) in [5.74, 6) is 0.450. The predicted octanol–water partition coefficient (Wildman–Crippen LogP) is 1.60. The minimum absolute atomic E-state index is 0.379. The minimum atomic E-state index is -0.401. The van der Waals surface area contributed by atoms with Gasteiger partial charge in [-0.1, -0.05) is 0 Å². The SMILES string of the molecule is COC(=O)c1nc(N(C)Cc2ncc[nH]2)sc1C. The van der Waals surface area contributed by atoms with Crippen molar-refractivity contribution in [3.05, 3.63) is 28.8 Å². The molecule has 0 saturated heterocycles. The molecule has 2 rings (SSSR count). The van der Waals surface area contributed by atoms with Gasteiger partial charge in [0.25, 0.3) is 0 Å². The fraction of sp³-hybridized carbons (Fsp3) is 0.364. The molecule has 0 fully saturated rings. The van der Waals surface area contributed by atoms with E-state index in [4.69, 9.17) is 0 Å². The number of carbonyl (C=O) groups is 1. The topological polar surface area (TPSA) is 71.1 Å². The van der Waals surface area contributed by atoms with E-state index in [1.807, 2.05) is 18.9 Å². The maximum Gasteiger partial charge on any atom is 0.357 e. The van der Waals surface area contributed by atoms with Crippen molar-refractivity contribution >= 4 is 22.4 Å². The Kier molecular flexibility index (Phi) is 3.61. The number of aromatic amines is 1. The van der Waals surface area contributed by atoms with Gasteiger partial charge in [-0.25, -0.2) is 14.8 Å². The molecular weight excluding hydrogens is 252 g/mol. The Bertz CT molecular complexity index is 535. The van der Waals surface area contributed by atoms with Crippen molar-refractivity contribution in [1.29, 1.82) is 0 Å². The molecule has 0 aliphatic rings. The molecule has 96 valence electrons. The van der Waals surface area contributed by atoms with Crippen molar-refractivity contribution in [3.8, 4) is 0 Å². The van der Waals surface area contributed by atoms with Crippen LogP contribution in [0.1, 0.15) is 21.2 Å². The zero-order valence-electron chi connectivity index (χ0n) is 10.4. The molecule has 2 aromatic rings. The first-order valence-electron chi connectivity index (χ1n) is 5.37. The molecule has 0 spiro atoms. The van der Waals surface area contributed by atoms with Gasteiger partial charge in [-0.05, 0) is 6.92 Å². The van der Waals surface area contributed by atoms with Crippen LogP contribution in [0.2, 0.25) is 0 Å². The molecule has 1 N–H and O–H groups in total. The smallest absolute Gasteiger partial charge is 0.357 e. The lowest BCUT2D eigenvalue weighted by molar-refractivity contribution is 0.0594. The van der Waals surface area contributed by atoms with Crippen molar-refractivity contribution in [2.24, 2.45) is 0 Å². The standard InChI is InChI=1S/C11H14N4O2S/c1-7-9(10(16)17-3)14-11(18-7)15(2)6-8-12-4-5-13-8/h4-5H,6H2,1-3H3,(H,12,13). The van der Waals surface area contributed by atoms with Gasteiger partial charge in [0.1, 0.15) is 5.82 Å². The lowest BCUT2D eigenvalue weighted by Crippen LogP contribution is -2.17. The molecule has 7 heteroatoms. The van der Waals surface area contributed by atoms with Gasteiger partial charge in [-0.3, -0.25) is 0 Å². The van der Waals surface area contributed by atoms with Gasteiger partial charge in [0.15, 0.2) is 10.8 Å². The highest BCUT2D eigenvalue weighted by Gasteiger charge is 2.18. The number of nitrogens with one attached hydrogen (secondary N) is 1. The van der Waals surface area contributed by atoms with E-state index in [1.165, 1.54) is 18.4 Å². The van der Waals surface area contributed by atoms with Gasteiger partial charge < -0.3 is 14.6 Å². The van der Waals surface area contributed by atoms with Crippen LogP contribution in [-0.4, -0.2) is 35.1 Å². The Morgan fingerprint density at radius 2 is 2.39 bits per heavy atom. The van der Waals surface area contributed by atoms with Crippen LogP contribution in [0.15, 0.2) is 12.4 Å². The summed E-state index contributed by atoms with van der Waals surface area (Å²) in [4.78, 5) is 25.7. The molecule has 0 aromatic carbocycles. The maximum atomic E-state index is 11.5. The van der Waals surface area contributed by atoms with E-state index in [0.29, 0.717) is 12.2 Å². The second kappa shape index (κ2) is 5.18. The van der Waals surface area contributed by atoms with Gasteiger partial charge in [0.2, 0.25) is 0 Å². The van der Waals surface area contributed by atoms with Crippen molar-refractivity contribution in [2.75, 3.05) is 19.1 Å². The number of rotatable bonds is 4. The van der Waals surface area contributed by atoms with Crippen molar-refractivity contribution < 1.29 is 9.53 Å². The van der Waals surface area contributed by atoms with E-state index in [-0.39, 0.29) is 0 Å². The molecule has 0 saturated carbocycles. The predicted molar refractivity (Wildman–Crippen MR) is 68.9 cm³/mol. The van der Waals surface area contributed by atoms with Gasteiger partial charge in [0, 0.05) is 24.3 Å². The molecule has 0 bridgehead atoms. The number of ether oxygens (including phenoxy) is 1. The molecule has 0 aliphatic carbocycles. The molecule has 0 radical (unpaired) electrons. The van der Waals surface area contributed by atoms with Crippen LogP contribution in [0.5, 0.6) is 0 Å². The number of aromatic nitrogens is 3. The number of thiazole rings is 1. The summed E-state index contributed by atoms with van der Waals surface area (Å²) in [6, 6.07) is 0. The van der Waals surface area contributed by atoms with E-state index in [9.17, 15) is 4.79 Å². The van der Waals surface area contributed by atoms with Crippen molar-refractivity contribution in [1.82, 2.24) is 15.0 Å². The van der Waals surface area contributed by atoms with E-state index < -0.39 is 5.97 Å². The quantitative estimate of drug-likeness (QED) is 0.851. The van der Waals surface area contributed by atoms with Gasteiger partial charge in [-0.15, -0.1) is 11.3 Å². The lowest BCUT2D eigenvalue weighted by atomic mass is 10.4. The molecule has 0 atom stereocenters. The zero-order chi connectivity index (χ0) is 13.1. The van der Waals surface area contributed by atoms with Crippen LogP contribution in [0, 0.1) is 6.92 Å². The molecule has 0 aliphatic heterocycles. The number of nitrogens with zero attached hydrogens (tertiary/aromatic N) is 3. The van der Waals surface area contributed by atoms with Gasteiger partial charge in [0.05, 0.1) is 13.7 Å². The first-order chi connectivity index (χ1) is 8.61. The second-order valence-corrected chi connectivity index (χ2v) is 4.97. The van der Waals surface area contributed by atoms with Crippen molar-refractivity contribution in [2.45, 2.75) is 13.5 Å². The Hall–Kier alpha value is -1.89. The third-order valence-electron chi connectivity index (χ3n) is 2.43. The lowest BCUT2D eigenvalue weighted by Gasteiger charge is -2.13. The van der Waals surface area contributed by atoms with Gasteiger partial charge in [-0.2, -0.15) is 0 Å². The van der Waals surface area contributed by atoms with E-state index in [2.05, 4.69) is 19.7 Å². The Morgan fingerprint density at radius 3 is 3.00 bits per heavy atom. The average Bonchev–Trinajstić information content (AvgIpc) is 2.97. The third kappa shape index (κ3) is 2.51. The number of hydrogen-bond donors (Lipinski definition) is 1. The summed E-state index contributed by atoms with van der Waals surface area (Å²) in [7, 11) is 3.26. The molecule has 2 aromatic heterocycles. The number of carbonyl (C=O) groups excluding carboxylic acids is 1. The summed E-state index contributed by atoms with van der Waals surface area (Å²) in [5, 5.41) is 0.768. The number of imidazole rings is 1. The highest BCUT2D eigenvalue weighted by molar-refractivity contribution is 7.15. The second-order valence-electron chi connectivity index (χ2n) is 3.78. The first-order valence-corrected chi connectivity index (χ1v) is 6.18. The van der Waals surface area contributed by atoms with E-state index in [0.717, 1.165) is 15.8 Å². The Labute approximate surface area is 109 Å². The Balaban J connectivity index is 2.16. The number of aryl methyl sites for hydroxylation is 1. The number of anilines is 1. The maximum absolute atomic E-state index is 11.5. The van der Waals surface area contributed by atoms with Gasteiger partial charge >= 0.3 is 5.97 Å². The monoisotopic (exact) mass is 266 g/mol. The van der Waals surface area contributed by atoms with Crippen LogP contribution in [0.25, 0.3) is 0 Å². The number of hydrogen-bond acceptors (Lipinski definition) is 6. The fourth-order valence-corrected chi connectivity index (χ4v) is 2.37. The molecular formula is C11H14N4O2S. The Morgan fingerprint density at radius 1 is 1.61 bits per heavy atom. The summed E-state index contributed by atoms with van der Waals surface area (Å²) >= 11 is 1.46. The highest BCUT2D eigenvalue weighted by Crippen LogP contribution is 2.25. The molecule has 0 unspecified atom stereocenters. The van der Waals surface area contributed by atoms with Crippen LogP contribution in [0.4, 0.5) is 5.13 Å². The average molecular weight is 266 g/mol. The van der Waals surface area contributed by atoms with Crippen LogP contribution in [0.3, 0.4) is 0 Å². The molecule has 18 heavy (non-hydrogen) atoms. The minimum Gasteiger partial charge on any atom is -0.464 e. The summed E-state index contributed by atoms with van der Waals surface area (Å²) in [6.07, 6.45) is 3.48. The fourth-order valence-electron chi connectivity index (χ4n) is 1.51. The normalized spacial score (nSPS) is 10.4. The molecule has 0 amide bonds. The largest absolute Gasteiger partial charge is 0.464 e. The summed E-state index contributed by atoms with van der Waals surface area (Å²) in [5.41, 5.74) is 0.379. The number of H-pyrrole nitrogens is 1. The zero-order valence-corrected chi connectivity index (χ0v) is 11.2. The molecule has 6 nitrogen and oxygen atoms in total. The first kappa shape index (κ1) is 12.6. The summed E-state index contributed by atoms with van der Waals surface area (Å²) in [6.45, 7) is 2.47. The number of methoxy groups -OCH3 is 1. The third-order valence-corrected chi connectivity index (χ3v) is 3.52. The van der Waals surface area contributed by atoms with E-state index >= 15 is 0 Å². The van der Waals surface area contributed by atoms with Crippen LogP contribution >= 0.6 is 11.3 Å². The van der Waals surface area contributed by atoms with Crippen molar-refractivity contribution in [3.63, 3.8) is 0 Å². The van der Waals surface area contributed by atoms with Crippen LogP contribution < -0.4 is 4.90 Å². The highest BCUT2D eigenvalue weighted by atomic mass is 32.1. The van der Waals surface area contributed by atoms with Crippen LogP contribution in [-0.2, 0) is 11.3 Å². The number of esters is 1. The molecule has 2 heterocycles. The summed E-state index contributed by atoms with van der Waals surface area (Å²) < 4.78 is 4.68. The van der Waals surface area contributed by atoms with E-state index in [1.54, 1.807) is 12.4 Å².